The predicted octanol–water partition coefficient (Wildman–Crippen LogP) is 12.0. The highest BCUT2D eigenvalue weighted by atomic mass is 32.1. The van der Waals surface area contributed by atoms with Crippen LogP contribution in [0.25, 0.3) is 103 Å². The maximum absolute atomic E-state index is 5.38. The van der Waals surface area contributed by atoms with Crippen molar-refractivity contribution < 1.29 is 0 Å². The van der Waals surface area contributed by atoms with Crippen LogP contribution in [0.4, 0.5) is 0 Å². The number of thiophene rings is 1. The molecule has 52 heavy (non-hydrogen) atoms. The minimum Gasteiger partial charge on any atom is -0.291 e. The molecule has 5 nitrogen and oxygen atoms in total. The molecule has 11 aromatic rings. The molecule has 4 aromatic heterocycles. The molecule has 7 aromatic carbocycles. The quantitative estimate of drug-likeness (QED) is 0.185. The van der Waals surface area contributed by atoms with Crippen molar-refractivity contribution in [2.75, 3.05) is 0 Å². The second-order valence-electron chi connectivity index (χ2n) is 13.0. The fraction of sp³-hybridized carbons (Fsp3) is 0. The van der Waals surface area contributed by atoms with E-state index in [4.69, 9.17) is 9.97 Å². The van der Waals surface area contributed by atoms with E-state index in [9.17, 15) is 0 Å². The third-order valence-corrected chi connectivity index (χ3v) is 11.3. The molecule has 242 valence electrons. The zero-order valence-corrected chi connectivity index (χ0v) is 28.5. The van der Waals surface area contributed by atoms with Crippen LogP contribution in [0.3, 0.4) is 0 Å². The normalized spacial score (nSPS) is 11.8. The van der Waals surface area contributed by atoms with Gasteiger partial charge >= 0.3 is 0 Å². The van der Waals surface area contributed by atoms with Gasteiger partial charge < -0.3 is 0 Å². The van der Waals surface area contributed by atoms with Crippen LogP contribution < -0.4 is 0 Å². The Balaban J connectivity index is 1.37. The van der Waals surface area contributed by atoms with Gasteiger partial charge in [-0.3, -0.25) is 4.57 Å². The van der Waals surface area contributed by atoms with Crippen LogP contribution in [0.2, 0.25) is 0 Å². The lowest BCUT2D eigenvalue weighted by atomic mass is 9.97. The molecule has 0 fully saturated rings. The largest absolute Gasteiger partial charge is 0.291 e. The smallest absolute Gasteiger partial charge is 0.164 e. The van der Waals surface area contributed by atoms with Crippen molar-refractivity contribution in [2.45, 2.75) is 0 Å². The molecule has 0 amide bonds. The van der Waals surface area contributed by atoms with Gasteiger partial charge in [0.25, 0.3) is 0 Å². The van der Waals surface area contributed by atoms with E-state index in [1.807, 2.05) is 47.9 Å². The summed E-state index contributed by atoms with van der Waals surface area (Å²) in [5.41, 5.74) is 6.91. The van der Waals surface area contributed by atoms with Crippen molar-refractivity contribution in [3.8, 4) is 39.7 Å². The Morgan fingerprint density at radius 1 is 0.500 bits per heavy atom. The van der Waals surface area contributed by atoms with Crippen LogP contribution in [0, 0.1) is 0 Å². The van der Waals surface area contributed by atoms with Gasteiger partial charge in [-0.2, -0.15) is 0 Å². The topological polar surface area (TPSA) is 56.5 Å². The third-order valence-electron chi connectivity index (χ3n) is 10.1. The molecule has 0 aliphatic carbocycles. The number of fused-ring (bicyclic) bond motifs is 12. The van der Waals surface area contributed by atoms with Crippen LogP contribution in [0.15, 0.2) is 164 Å². The number of aromatic nitrogens is 5. The van der Waals surface area contributed by atoms with Crippen LogP contribution in [0.5, 0.6) is 0 Å². The number of hydrogen-bond acceptors (Lipinski definition) is 5. The van der Waals surface area contributed by atoms with Crippen molar-refractivity contribution in [3.05, 3.63) is 164 Å². The minimum absolute atomic E-state index is 0.718. The van der Waals surface area contributed by atoms with Gasteiger partial charge in [-0.15, -0.1) is 11.3 Å². The highest BCUT2D eigenvalue weighted by Gasteiger charge is 2.26. The average Bonchev–Trinajstić information content (AvgIpc) is 3.78. The first kappa shape index (κ1) is 29.0. The van der Waals surface area contributed by atoms with Crippen molar-refractivity contribution >= 4 is 74.9 Å². The summed E-state index contributed by atoms with van der Waals surface area (Å²) in [4.78, 5) is 19.9. The summed E-state index contributed by atoms with van der Waals surface area (Å²) in [5.74, 6) is 1.51. The highest BCUT2D eigenvalue weighted by molar-refractivity contribution is 7.27. The van der Waals surface area contributed by atoms with Crippen LogP contribution >= 0.6 is 11.3 Å². The highest BCUT2D eigenvalue weighted by Crippen LogP contribution is 2.50. The zero-order valence-electron chi connectivity index (χ0n) is 27.7. The van der Waals surface area contributed by atoms with E-state index in [0.717, 1.165) is 50.8 Å². The van der Waals surface area contributed by atoms with Gasteiger partial charge in [0.1, 0.15) is 5.69 Å². The van der Waals surface area contributed by atoms with Crippen molar-refractivity contribution in [2.24, 2.45) is 0 Å². The molecule has 11 rings (SSSR count). The summed E-state index contributed by atoms with van der Waals surface area (Å²) >= 11 is 1.85. The Kier molecular flexibility index (Phi) is 6.35. The molecule has 0 saturated carbocycles. The van der Waals surface area contributed by atoms with Gasteiger partial charge in [-0.25, -0.2) is 19.9 Å². The molecular formula is C46H27N5S. The van der Waals surface area contributed by atoms with Crippen molar-refractivity contribution in [3.63, 3.8) is 0 Å². The van der Waals surface area contributed by atoms with Gasteiger partial charge in [0.2, 0.25) is 0 Å². The Morgan fingerprint density at radius 3 is 2.02 bits per heavy atom. The predicted molar refractivity (Wildman–Crippen MR) is 216 cm³/mol. The summed E-state index contributed by atoms with van der Waals surface area (Å²) in [6.45, 7) is 0. The lowest BCUT2D eigenvalue weighted by Crippen LogP contribution is -2.04. The molecule has 0 unspecified atom stereocenters. The van der Waals surface area contributed by atoms with E-state index in [0.29, 0.717) is 0 Å². The summed E-state index contributed by atoms with van der Waals surface area (Å²) in [6.07, 6.45) is 5.53. The first-order valence-electron chi connectivity index (χ1n) is 17.3. The number of nitrogens with zero attached hydrogens (tertiary/aromatic N) is 5. The molecule has 0 N–H and O–H groups in total. The third kappa shape index (κ3) is 4.28. The molecule has 0 aliphatic heterocycles. The molecule has 0 atom stereocenters. The molecule has 6 heteroatoms. The molecule has 4 heterocycles. The first-order chi connectivity index (χ1) is 25.8. The zero-order chi connectivity index (χ0) is 34.2. The number of hydrogen-bond donors (Lipinski definition) is 0. The van der Waals surface area contributed by atoms with Gasteiger partial charge in [0.05, 0.1) is 22.9 Å². The van der Waals surface area contributed by atoms with Crippen molar-refractivity contribution in [1.29, 1.82) is 0 Å². The average molecular weight is 682 g/mol. The Hall–Kier alpha value is -6.76. The van der Waals surface area contributed by atoms with Gasteiger partial charge in [-0.1, -0.05) is 115 Å². The molecule has 0 saturated heterocycles. The first-order valence-corrected chi connectivity index (χ1v) is 18.1. The van der Waals surface area contributed by atoms with Crippen molar-refractivity contribution in [1.82, 2.24) is 24.5 Å². The maximum Gasteiger partial charge on any atom is 0.164 e. The fourth-order valence-corrected chi connectivity index (χ4v) is 9.10. The van der Waals surface area contributed by atoms with Crippen LogP contribution in [-0.4, -0.2) is 24.5 Å². The second kappa shape index (κ2) is 11.4. The minimum atomic E-state index is 0.718. The SMILES string of the molecule is c1ccc(-c2cnc(-n3c4ccc5ccccc5c4c4c5c6cc(-c7ncccn7)ccc6sc5c5ccccc5c43)c(-c3ccccc3)n2)cc1. The standard InChI is InChI=1S/C46H27N5S/c1-3-13-29(14-4-1)36-27-49-46(42(50-36)30-15-5-2-6-16-30)51-37-22-20-28-12-7-8-17-32(28)39(37)41-40-35-26-31(45-47-24-11-25-48-45)21-23-38(35)52-44(40)34-19-10-9-18-33(34)43(41)51/h1-27H. The Bertz CT molecular complexity index is 3170. The monoisotopic (exact) mass is 681 g/mol. The second-order valence-corrected chi connectivity index (χ2v) is 14.1. The van der Waals surface area contributed by atoms with E-state index < -0.39 is 0 Å². The maximum atomic E-state index is 5.38. The summed E-state index contributed by atoms with van der Waals surface area (Å²) in [7, 11) is 0. The number of benzene rings is 7. The Morgan fingerprint density at radius 2 is 1.21 bits per heavy atom. The van der Waals surface area contributed by atoms with E-state index in [2.05, 4.69) is 130 Å². The van der Waals surface area contributed by atoms with E-state index in [1.54, 1.807) is 12.4 Å². The summed E-state index contributed by atoms with van der Waals surface area (Å²) in [5, 5.41) is 9.65. The lowest BCUT2D eigenvalue weighted by Gasteiger charge is -2.15. The van der Waals surface area contributed by atoms with Crippen LogP contribution in [0.1, 0.15) is 0 Å². The Labute approximate surface area is 302 Å². The summed E-state index contributed by atoms with van der Waals surface area (Å²) in [6, 6.07) is 51.3. The molecule has 0 aliphatic rings. The van der Waals surface area contributed by atoms with Gasteiger partial charge in [0.15, 0.2) is 11.6 Å². The molecule has 0 radical (unpaired) electrons. The fourth-order valence-electron chi connectivity index (χ4n) is 7.87. The molecule has 0 spiro atoms. The van der Waals surface area contributed by atoms with Gasteiger partial charge in [0, 0.05) is 70.8 Å². The molecular weight excluding hydrogens is 655 g/mol. The van der Waals surface area contributed by atoms with E-state index in [-0.39, 0.29) is 0 Å². The summed E-state index contributed by atoms with van der Waals surface area (Å²) < 4.78 is 4.87. The van der Waals surface area contributed by atoms with E-state index >= 15 is 0 Å². The van der Waals surface area contributed by atoms with Gasteiger partial charge in [-0.05, 0) is 41.1 Å². The molecule has 0 bridgehead atoms. The lowest BCUT2D eigenvalue weighted by molar-refractivity contribution is 1.05. The number of rotatable bonds is 4. The van der Waals surface area contributed by atoms with Crippen LogP contribution in [-0.2, 0) is 0 Å². The van der Waals surface area contributed by atoms with E-state index in [1.165, 1.54) is 52.5 Å².